The van der Waals surface area contributed by atoms with Crippen molar-refractivity contribution in [3.8, 4) is 0 Å². The third-order valence-electron chi connectivity index (χ3n) is 3.77. The predicted molar refractivity (Wildman–Crippen MR) is 97.2 cm³/mol. The van der Waals surface area contributed by atoms with E-state index in [1.165, 1.54) is 18.2 Å². The number of benzene rings is 1. The molecule has 3 N–H and O–H groups in total. The van der Waals surface area contributed by atoms with Crippen LogP contribution in [0.15, 0.2) is 34.7 Å². The summed E-state index contributed by atoms with van der Waals surface area (Å²) >= 11 is 0. The van der Waals surface area contributed by atoms with Gasteiger partial charge in [0.25, 0.3) is 11.6 Å². The Hall–Kier alpha value is -2.87. The van der Waals surface area contributed by atoms with Gasteiger partial charge in [0, 0.05) is 17.7 Å². The van der Waals surface area contributed by atoms with E-state index >= 15 is 0 Å². The lowest BCUT2D eigenvalue weighted by molar-refractivity contribution is -0.384. The summed E-state index contributed by atoms with van der Waals surface area (Å²) in [6.45, 7) is 6.92. The molecule has 0 fully saturated rings. The van der Waals surface area contributed by atoms with E-state index in [4.69, 9.17) is 4.42 Å². The smallest absolute Gasteiger partial charge is 0.293 e. The second kappa shape index (κ2) is 7.57. The molecule has 0 bridgehead atoms. The highest BCUT2D eigenvalue weighted by molar-refractivity contribution is 5.95. The molecule has 0 spiro atoms. The summed E-state index contributed by atoms with van der Waals surface area (Å²) in [6.07, 6.45) is 0. The molecule has 8 nitrogen and oxygen atoms in total. The Morgan fingerprint density at radius 2 is 2.04 bits per heavy atom. The number of nitro groups is 1. The van der Waals surface area contributed by atoms with Crippen molar-refractivity contribution >= 4 is 17.3 Å². The first-order valence-electron chi connectivity index (χ1n) is 8.22. The number of aliphatic hydroxyl groups is 1. The summed E-state index contributed by atoms with van der Waals surface area (Å²) < 4.78 is 5.43. The second-order valence-electron chi connectivity index (χ2n) is 6.65. The number of hydrogen-bond acceptors (Lipinski definition) is 6. The van der Waals surface area contributed by atoms with Crippen LogP contribution in [0.25, 0.3) is 0 Å². The lowest BCUT2D eigenvalue weighted by Gasteiger charge is -2.22. The molecule has 2 aromatic rings. The molecule has 1 aromatic carbocycles. The first-order chi connectivity index (χ1) is 12.1. The van der Waals surface area contributed by atoms with Crippen LogP contribution >= 0.6 is 0 Å². The fourth-order valence-electron chi connectivity index (χ4n) is 2.40. The maximum Gasteiger partial charge on any atom is 0.293 e. The molecule has 0 saturated heterocycles. The highest BCUT2D eigenvalue weighted by atomic mass is 16.6. The van der Waals surface area contributed by atoms with Gasteiger partial charge in [-0.3, -0.25) is 14.9 Å². The van der Waals surface area contributed by atoms with Crippen LogP contribution in [0.1, 0.15) is 42.6 Å². The van der Waals surface area contributed by atoms with Gasteiger partial charge in [-0.1, -0.05) is 0 Å². The zero-order valence-corrected chi connectivity index (χ0v) is 15.2. The zero-order chi connectivity index (χ0) is 19.5. The van der Waals surface area contributed by atoms with Gasteiger partial charge in [0.2, 0.25) is 0 Å². The van der Waals surface area contributed by atoms with E-state index in [9.17, 15) is 20.0 Å². The average Bonchev–Trinajstić information content (AvgIpc) is 2.99. The fraction of sp³-hybridized carbons (Fsp3) is 0.389. The Morgan fingerprint density at radius 1 is 1.35 bits per heavy atom. The summed E-state index contributed by atoms with van der Waals surface area (Å²) in [5.74, 6) is 0.637. The van der Waals surface area contributed by atoms with Crippen LogP contribution in [-0.2, 0) is 5.60 Å². The number of nitrogens with one attached hydrogen (secondary N) is 2. The van der Waals surface area contributed by atoms with Gasteiger partial charge in [0.1, 0.15) is 22.8 Å². The van der Waals surface area contributed by atoms with Crippen molar-refractivity contribution in [2.45, 2.75) is 39.3 Å². The van der Waals surface area contributed by atoms with Crippen molar-refractivity contribution in [1.82, 2.24) is 5.32 Å². The number of anilines is 1. The third kappa shape index (κ3) is 4.60. The molecular weight excluding hydrogens is 338 g/mol. The molecular formula is C18H23N3O5. The monoisotopic (exact) mass is 361 g/mol. The molecule has 140 valence electrons. The standard InChI is InChI=1S/C18H23N3O5/c1-11(2)20-17(22)13-6-7-14(15(9-13)21(24)25)19-10-18(4,23)16-8-5-12(3)26-16/h5-9,11,19,23H,10H2,1-4H3,(H,20,22). The summed E-state index contributed by atoms with van der Waals surface area (Å²) in [5.41, 5.74) is -1.19. The van der Waals surface area contributed by atoms with Gasteiger partial charge in [0.15, 0.2) is 0 Å². The van der Waals surface area contributed by atoms with E-state index in [1.54, 1.807) is 39.8 Å². The van der Waals surface area contributed by atoms with Gasteiger partial charge in [-0.2, -0.15) is 0 Å². The molecule has 26 heavy (non-hydrogen) atoms. The molecule has 1 atom stereocenters. The Labute approximate surface area is 151 Å². The molecule has 1 amide bonds. The predicted octanol–water partition coefficient (Wildman–Crippen LogP) is 2.95. The molecule has 0 aliphatic rings. The van der Waals surface area contributed by atoms with Crippen LogP contribution in [0, 0.1) is 17.0 Å². The van der Waals surface area contributed by atoms with Gasteiger partial charge in [-0.05, 0) is 52.0 Å². The molecule has 1 heterocycles. The zero-order valence-electron chi connectivity index (χ0n) is 15.2. The summed E-state index contributed by atoms with van der Waals surface area (Å²) in [5, 5.41) is 27.5. The molecule has 0 aliphatic carbocycles. The van der Waals surface area contributed by atoms with Gasteiger partial charge in [-0.15, -0.1) is 0 Å². The van der Waals surface area contributed by atoms with Gasteiger partial charge >= 0.3 is 0 Å². The number of nitrogens with zero attached hydrogens (tertiary/aromatic N) is 1. The van der Waals surface area contributed by atoms with E-state index in [-0.39, 0.29) is 35.4 Å². The Kier molecular flexibility index (Phi) is 5.66. The lowest BCUT2D eigenvalue weighted by atomic mass is 10.0. The number of furan rings is 1. The maximum atomic E-state index is 12.0. The number of rotatable bonds is 7. The Balaban J connectivity index is 2.21. The van der Waals surface area contributed by atoms with Crippen molar-refractivity contribution in [2.75, 3.05) is 11.9 Å². The second-order valence-corrected chi connectivity index (χ2v) is 6.65. The first kappa shape index (κ1) is 19.5. The SMILES string of the molecule is Cc1ccc(C(C)(O)CNc2ccc(C(=O)NC(C)C)cc2[N+](=O)[O-])o1. The average molecular weight is 361 g/mol. The van der Waals surface area contributed by atoms with Crippen LogP contribution in [0.3, 0.4) is 0 Å². The minimum absolute atomic E-state index is 0.00166. The van der Waals surface area contributed by atoms with E-state index in [1.807, 2.05) is 0 Å². The number of aryl methyl sites for hydroxylation is 1. The molecule has 8 heteroatoms. The molecule has 0 radical (unpaired) electrons. The minimum atomic E-state index is -1.35. The van der Waals surface area contributed by atoms with Gasteiger partial charge < -0.3 is 20.2 Å². The van der Waals surface area contributed by atoms with Crippen molar-refractivity contribution in [3.05, 3.63) is 57.5 Å². The Morgan fingerprint density at radius 3 is 2.58 bits per heavy atom. The van der Waals surface area contributed by atoms with E-state index in [0.717, 1.165) is 0 Å². The van der Waals surface area contributed by atoms with Crippen LogP contribution in [0.5, 0.6) is 0 Å². The first-order valence-corrected chi connectivity index (χ1v) is 8.22. The number of carbonyl (C=O) groups excluding carboxylic acids is 1. The lowest BCUT2D eigenvalue weighted by Crippen LogP contribution is -2.31. The van der Waals surface area contributed by atoms with Gasteiger partial charge in [0.05, 0.1) is 11.5 Å². The van der Waals surface area contributed by atoms with Gasteiger partial charge in [-0.25, -0.2) is 0 Å². The fourth-order valence-corrected chi connectivity index (χ4v) is 2.40. The number of hydrogen-bond donors (Lipinski definition) is 3. The van der Waals surface area contributed by atoms with Crippen LogP contribution in [-0.4, -0.2) is 28.5 Å². The van der Waals surface area contributed by atoms with E-state index in [0.29, 0.717) is 11.5 Å². The highest BCUT2D eigenvalue weighted by Crippen LogP contribution is 2.28. The minimum Gasteiger partial charge on any atom is -0.463 e. The van der Waals surface area contributed by atoms with Crippen molar-refractivity contribution in [3.63, 3.8) is 0 Å². The van der Waals surface area contributed by atoms with Crippen molar-refractivity contribution < 1.29 is 19.2 Å². The molecule has 1 aromatic heterocycles. The summed E-state index contributed by atoms with van der Waals surface area (Å²) in [6, 6.07) is 7.48. The van der Waals surface area contributed by atoms with Crippen molar-refractivity contribution in [1.29, 1.82) is 0 Å². The normalized spacial score (nSPS) is 13.3. The quantitative estimate of drug-likeness (QED) is 0.515. The number of carbonyl (C=O) groups is 1. The highest BCUT2D eigenvalue weighted by Gasteiger charge is 2.28. The van der Waals surface area contributed by atoms with E-state index in [2.05, 4.69) is 10.6 Å². The molecule has 0 aliphatic heterocycles. The number of nitro benzene ring substituents is 1. The van der Waals surface area contributed by atoms with Crippen LogP contribution in [0.4, 0.5) is 11.4 Å². The number of amides is 1. The maximum absolute atomic E-state index is 12.0. The van der Waals surface area contributed by atoms with E-state index < -0.39 is 10.5 Å². The Bertz CT molecular complexity index is 811. The topological polar surface area (TPSA) is 118 Å². The molecule has 0 saturated carbocycles. The molecule has 1 unspecified atom stereocenters. The largest absolute Gasteiger partial charge is 0.463 e. The van der Waals surface area contributed by atoms with Crippen molar-refractivity contribution in [2.24, 2.45) is 0 Å². The molecule has 2 rings (SSSR count). The van der Waals surface area contributed by atoms with Crippen LogP contribution < -0.4 is 10.6 Å². The summed E-state index contributed by atoms with van der Waals surface area (Å²) in [4.78, 5) is 22.8. The summed E-state index contributed by atoms with van der Waals surface area (Å²) in [7, 11) is 0. The third-order valence-corrected chi connectivity index (χ3v) is 3.77. The van der Waals surface area contributed by atoms with Crippen LogP contribution in [0.2, 0.25) is 0 Å².